The lowest BCUT2D eigenvalue weighted by Gasteiger charge is -2.43. The summed E-state index contributed by atoms with van der Waals surface area (Å²) in [5, 5.41) is 0. The van der Waals surface area contributed by atoms with Crippen molar-refractivity contribution in [1.82, 2.24) is 4.90 Å². The van der Waals surface area contributed by atoms with E-state index in [2.05, 4.69) is 25.7 Å². The van der Waals surface area contributed by atoms with Gasteiger partial charge in [0.2, 0.25) is 0 Å². The highest BCUT2D eigenvalue weighted by Crippen LogP contribution is 2.25. The molecule has 1 fully saturated rings. The molecule has 1 heterocycles. The predicted octanol–water partition coefficient (Wildman–Crippen LogP) is 3.16. The van der Waals surface area contributed by atoms with Crippen molar-refractivity contribution >= 4 is 0 Å². The van der Waals surface area contributed by atoms with Crippen LogP contribution >= 0.6 is 0 Å². The van der Waals surface area contributed by atoms with Crippen LogP contribution in [-0.2, 0) is 0 Å². The van der Waals surface area contributed by atoms with Crippen LogP contribution in [0.2, 0.25) is 0 Å². The van der Waals surface area contributed by atoms with E-state index in [-0.39, 0.29) is 0 Å². The van der Waals surface area contributed by atoms with Crippen LogP contribution in [0.15, 0.2) is 0 Å². The predicted molar refractivity (Wildman–Crippen MR) is 71.6 cm³/mol. The van der Waals surface area contributed by atoms with Crippen LogP contribution in [0.4, 0.5) is 0 Å². The number of piperidine rings is 1. The first kappa shape index (κ1) is 14.0. The van der Waals surface area contributed by atoms with Crippen molar-refractivity contribution in [3.05, 3.63) is 0 Å². The summed E-state index contributed by atoms with van der Waals surface area (Å²) >= 11 is 0. The summed E-state index contributed by atoms with van der Waals surface area (Å²) in [7, 11) is 0. The molecule has 1 saturated heterocycles. The summed E-state index contributed by atoms with van der Waals surface area (Å²) in [5.41, 5.74) is 6.15. The molecule has 0 radical (unpaired) electrons. The van der Waals surface area contributed by atoms with Gasteiger partial charge in [0.05, 0.1) is 0 Å². The van der Waals surface area contributed by atoms with Gasteiger partial charge < -0.3 is 5.73 Å². The second kappa shape index (κ2) is 7.29. The smallest absolute Gasteiger partial charge is 0.0247 e. The minimum atomic E-state index is 0.330. The fourth-order valence-electron chi connectivity index (χ4n) is 3.14. The Morgan fingerprint density at radius 3 is 2.31 bits per heavy atom. The molecule has 0 saturated carbocycles. The Kier molecular flexibility index (Phi) is 6.37. The van der Waals surface area contributed by atoms with Gasteiger partial charge in [0, 0.05) is 18.1 Å². The third-order valence-corrected chi connectivity index (χ3v) is 3.91. The molecule has 16 heavy (non-hydrogen) atoms. The standard InChI is InChI=1S/C14H30N2/c1-4-8-13(9-5-2)16-11-7-6-10-14(16)12(3)15/h12-14H,4-11,15H2,1-3H3. The number of nitrogens with zero attached hydrogens (tertiary/aromatic N) is 1. The molecular formula is C14H30N2. The van der Waals surface area contributed by atoms with Gasteiger partial charge in [-0.3, -0.25) is 4.90 Å². The van der Waals surface area contributed by atoms with E-state index in [9.17, 15) is 0 Å². The van der Waals surface area contributed by atoms with Gasteiger partial charge in [0.15, 0.2) is 0 Å². The molecule has 2 atom stereocenters. The molecule has 1 aliphatic heterocycles. The van der Waals surface area contributed by atoms with Gasteiger partial charge in [0.25, 0.3) is 0 Å². The van der Waals surface area contributed by atoms with Crippen molar-refractivity contribution in [1.29, 1.82) is 0 Å². The molecule has 0 aromatic carbocycles. The zero-order chi connectivity index (χ0) is 12.0. The summed E-state index contributed by atoms with van der Waals surface area (Å²) in [4.78, 5) is 2.72. The van der Waals surface area contributed by atoms with E-state index in [1.54, 1.807) is 0 Å². The van der Waals surface area contributed by atoms with Crippen molar-refractivity contribution in [3.8, 4) is 0 Å². The van der Waals surface area contributed by atoms with Crippen LogP contribution in [0.25, 0.3) is 0 Å². The average molecular weight is 226 g/mol. The molecule has 2 heteroatoms. The van der Waals surface area contributed by atoms with Gasteiger partial charge >= 0.3 is 0 Å². The average Bonchev–Trinajstić information content (AvgIpc) is 2.29. The lowest BCUT2D eigenvalue weighted by Crippen LogP contribution is -2.53. The highest BCUT2D eigenvalue weighted by atomic mass is 15.2. The van der Waals surface area contributed by atoms with E-state index >= 15 is 0 Å². The molecule has 1 rings (SSSR count). The van der Waals surface area contributed by atoms with Crippen LogP contribution in [0, 0.1) is 0 Å². The van der Waals surface area contributed by atoms with Gasteiger partial charge in [-0.2, -0.15) is 0 Å². The van der Waals surface area contributed by atoms with E-state index in [1.807, 2.05) is 0 Å². The van der Waals surface area contributed by atoms with E-state index in [1.165, 1.54) is 51.5 Å². The van der Waals surface area contributed by atoms with Crippen LogP contribution in [0.5, 0.6) is 0 Å². The molecule has 0 aliphatic carbocycles. The highest BCUT2D eigenvalue weighted by Gasteiger charge is 2.29. The minimum absolute atomic E-state index is 0.330. The Bertz CT molecular complexity index is 174. The van der Waals surface area contributed by atoms with Gasteiger partial charge in [-0.1, -0.05) is 33.1 Å². The first-order valence-corrected chi connectivity index (χ1v) is 7.22. The number of nitrogens with two attached hydrogens (primary N) is 1. The summed E-state index contributed by atoms with van der Waals surface area (Å²) in [6.45, 7) is 8.05. The summed E-state index contributed by atoms with van der Waals surface area (Å²) in [6, 6.07) is 1.75. The number of hydrogen-bond acceptors (Lipinski definition) is 2. The number of likely N-dealkylation sites (tertiary alicyclic amines) is 1. The van der Waals surface area contributed by atoms with Crippen molar-refractivity contribution in [2.75, 3.05) is 6.54 Å². The molecule has 2 unspecified atom stereocenters. The lowest BCUT2D eigenvalue weighted by atomic mass is 9.92. The fraction of sp³-hybridized carbons (Fsp3) is 1.00. The molecular weight excluding hydrogens is 196 g/mol. The zero-order valence-corrected chi connectivity index (χ0v) is 11.4. The van der Waals surface area contributed by atoms with E-state index < -0.39 is 0 Å². The van der Waals surface area contributed by atoms with Crippen molar-refractivity contribution in [3.63, 3.8) is 0 Å². The normalized spacial score (nSPS) is 24.9. The molecule has 96 valence electrons. The van der Waals surface area contributed by atoms with Gasteiger partial charge in [0.1, 0.15) is 0 Å². The lowest BCUT2D eigenvalue weighted by molar-refractivity contribution is 0.0710. The number of hydrogen-bond donors (Lipinski definition) is 1. The van der Waals surface area contributed by atoms with Gasteiger partial charge in [-0.15, -0.1) is 0 Å². The maximum absolute atomic E-state index is 6.15. The highest BCUT2D eigenvalue weighted by molar-refractivity contribution is 4.87. The Balaban J connectivity index is 2.62. The van der Waals surface area contributed by atoms with E-state index in [4.69, 9.17) is 5.73 Å². The molecule has 2 N–H and O–H groups in total. The third kappa shape index (κ3) is 3.74. The monoisotopic (exact) mass is 226 g/mol. The largest absolute Gasteiger partial charge is 0.327 e. The Labute approximate surface area is 102 Å². The molecule has 0 bridgehead atoms. The van der Waals surface area contributed by atoms with Gasteiger partial charge in [-0.25, -0.2) is 0 Å². The topological polar surface area (TPSA) is 29.3 Å². The fourth-order valence-corrected chi connectivity index (χ4v) is 3.14. The van der Waals surface area contributed by atoms with Crippen LogP contribution in [-0.4, -0.2) is 29.6 Å². The minimum Gasteiger partial charge on any atom is -0.327 e. The molecule has 2 nitrogen and oxygen atoms in total. The van der Waals surface area contributed by atoms with Crippen LogP contribution in [0.1, 0.15) is 65.7 Å². The second-order valence-corrected chi connectivity index (χ2v) is 5.39. The van der Waals surface area contributed by atoms with Crippen LogP contribution < -0.4 is 5.73 Å². The van der Waals surface area contributed by atoms with Crippen molar-refractivity contribution < 1.29 is 0 Å². The molecule has 0 amide bonds. The Hall–Kier alpha value is -0.0800. The quantitative estimate of drug-likeness (QED) is 0.754. The first-order valence-electron chi connectivity index (χ1n) is 7.22. The zero-order valence-electron chi connectivity index (χ0n) is 11.4. The Morgan fingerprint density at radius 1 is 1.19 bits per heavy atom. The molecule has 0 aromatic rings. The SMILES string of the molecule is CCCC(CCC)N1CCCCC1C(C)N. The van der Waals surface area contributed by atoms with Crippen molar-refractivity contribution in [2.24, 2.45) is 5.73 Å². The second-order valence-electron chi connectivity index (χ2n) is 5.39. The summed E-state index contributed by atoms with van der Waals surface area (Å²) in [6.07, 6.45) is 9.33. The van der Waals surface area contributed by atoms with Gasteiger partial charge in [-0.05, 0) is 39.2 Å². The molecule has 1 aliphatic rings. The Morgan fingerprint density at radius 2 is 1.81 bits per heavy atom. The summed E-state index contributed by atoms with van der Waals surface area (Å²) < 4.78 is 0. The molecule has 0 spiro atoms. The summed E-state index contributed by atoms with van der Waals surface area (Å²) in [5.74, 6) is 0. The maximum atomic E-state index is 6.15. The van der Waals surface area contributed by atoms with E-state index in [0.717, 1.165) is 6.04 Å². The molecule has 0 aromatic heterocycles. The van der Waals surface area contributed by atoms with Crippen molar-refractivity contribution in [2.45, 2.75) is 83.8 Å². The van der Waals surface area contributed by atoms with Crippen LogP contribution in [0.3, 0.4) is 0 Å². The third-order valence-electron chi connectivity index (χ3n) is 3.91. The number of rotatable bonds is 6. The first-order chi connectivity index (χ1) is 7.70. The maximum Gasteiger partial charge on any atom is 0.0247 e. The van der Waals surface area contributed by atoms with E-state index in [0.29, 0.717) is 12.1 Å².